The molecule has 0 aliphatic carbocycles. The van der Waals surface area contributed by atoms with Crippen molar-refractivity contribution in [2.45, 2.75) is 18.2 Å². The Morgan fingerprint density at radius 1 is 1.03 bits per heavy atom. The average molecular weight is 435 g/mol. The van der Waals surface area contributed by atoms with Gasteiger partial charge in [0.2, 0.25) is 0 Å². The van der Waals surface area contributed by atoms with Gasteiger partial charge in [-0.05, 0) is 54.3 Å². The maximum Gasteiger partial charge on any atom is 0.268 e. The molecule has 2 N–H and O–H groups in total. The van der Waals surface area contributed by atoms with Crippen molar-refractivity contribution in [2.75, 3.05) is 7.11 Å². The van der Waals surface area contributed by atoms with Crippen molar-refractivity contribution in [3.8, 4) is 5.75 Å². The van der Waals surface area contributed by atoms with Gasteiger partial charge in [0.1, 0.15) is 5.75 Å². The number of hydrogen-bond acceptors (Lipinski definition) is 4. The van der Waals surface area contributed by atoms with Crippen LogP contribution >= 0.6 is 0 Å². The normalized spacial score (nSPS) is 11.4. The fraction of sp³-hybridized carbons (Fsp3) is 0.125. The molecular formula is C24H22N2O4S. The second kappa shape index (κ2) is 8.28. The summed E-state index contributed by atoms with van der Waals surface area (Å²) < 4.78 is 33.0. The average Bonchev–Trinajstić information content (AvgIpc) is 3.16. The van der Waals surface area contributed by atoms with Crippen LogP contribution in [0.2, 0.25) is 0 Å². The molecule has 3 aromatic carbocycles. The van der Waals surface area contributed by atoms with E-state index in [0.29, 0.717) is 17.7 Å². The predicted molar refractivity (Wildman–Crippen MR) is 120 cm³/mol. The number of para-hydroxylation sites is 1. The first-order valence-corrected chi connectivity index (χ1v) is 11.2. The zero-order chi connectivity index (χ0) is 22.0. The summed E-state index contributed by atoms with van der Waals surface area (Å²) in [5.74, 6) is -0.430. The molecule has 0 spiro atoms. The summed E-state index contributed by atoms with van der Waals surface area (Å²) in [6, 6.07) is 19.7. The SMILES string of the molecule is COc1ccc(Cc2c[nH]c3ccccc23)cc1C(=O)NS(=O)(=O)c1ccccc1C. The highest BCUT2D eigenvalue weighted by Gasteiger charge is 2.23. The Hall–Kier alpha value is -3.58. The van der Waals surface area contributed by atoms with Gasteiger partial charge in [0.25, 0.3) is 15.9 Å². The highest BCUT2D eigenvalue weighted by atomic mass is 32.2. The molecule has 0 atom stereocenters. The van der Waals surface area contributed by atoms with Crippen LogP contribution in [0.25, 0.3) is 10.9 Å². The fourth-order valence-corrected chi connectivity index (χ4v) is 4.84. The van der Waals surface area contributed by atoms with E-state index in [1.807, 2.05) is 36.5 Å². The summed E-state index contributed by atoms with van der Waals surface area (Å²) in [6.07, 6.45) is 2.52. The zero-order valence-corrected chi connectivity index (χ0v) is 18.0. The smallest absolute Gasteiger partial charge is 0.268 e. The largest absolute Gasteiger partial charge is 0.496 e. The molecule has 158 valence electrons. The third-order valence-electron chi connectivity index (χ3n) is 5.19. The van der Waals surface area contributed by atoms with Gasteiger partial charge in [-0.1, -0.05) is 42.5 Å². The number of fused-ring (bicyclic) bond motifs is 1. The lowest BCUT2D eigenvalue weighted by molar-refractivity contribution is 0.0978. The summed E-state index contributed by atoms with van der Waals surface area (Å²) in [6.45, 7) is 1.68. The number of aryl methyl sites for hydroxylation is 1. The van der Waals surface area contributed by atoms with E-state index in [-0.39, 0.29) is 10.5 Å². The molecule has 0 saturated heterocycles. The molecule has 0 fully saturated rings. The van der Waals surface area contributed by atoms with Gasteiger partial charge in [0, 0.05) is 17.1 Å². The molecule has 1 heterocycles. The van der Waals surface area contributed by atoms with Gasteiger partial charge in [-0.15, -0.1) is 0 Å². The van der Waals surface area contributed by atoms with Gasteiger partial charge in [-0.2, -0.15) is 0 Å². The van der Waals surface area contributed by atoms with Gasteiger partial charge in [-0.25, -0.2) is 13.1 Å². The number of hydrogen-bond donors (Lipinski definition) is 2. The Balaban J connectivity index is 1.64. The van der Waals surface area contributed by atoms with Gasteiger partial charge < -0.3 is 9.72 Å². The highest BCUT2D eigenvalue weighted by Crippen LogP contribution is 2.25. The van der Waals surface area contributed by atoms with E-state index < -0.39 is 15.9 Å². The number of sulfonamides is 1. The van der Waals surface area contributed by atoms with Crippen LogP contribution in [0, 0.1) is 6.92 Å². The first-order valence-electron chi connectivity index (χ1n) is 9.74. The molecule has 0 saturated carbocycles. The molecule has 0 bridgehead atoms. The summed E-state index contributed by atoms with van der Waals surface area (Å²) in [5.41, 5.74) is 3.71. The van der Waals surface area contributed by atoms with E-state index in [0.717, 1.165) is 22.0 Å². The molecule has 7 heteroatoms. The van der Waals surface area contributed by atoms with Gasteiger partial charge in [0.15, 0.2) is 0 Å². The standard InChI is InChI=1S/C24H22N2O4S/c1-16-7-3-6-10-23(16)31(28,29)26-24(27)20-14-17(11-12-22(20)30-2)13-18-15-25-21-9-5-4-8-19(18)21/h3-12,14-15,25H,13H2,1-2H3,(H,26,27). The molecule has 31 heavy (non-hydrogen) atoms. The Bertz CT molecular complexity index is 1370. The molecular weight excluding hydrogens is 412 g/mol. The lowest BCUT2D eigenvalue weighted by Gasteiger charge is -2.13. The molecule has 0 aliphatic rings. The lowest BCUT2D eigenvalue weighted by atomic mass is 10.0. The number of rotatable bonds is 6. The van der Waals surface area contributed by atoms with Crippen molar-refractivity contribution in [1.82, 2.24) is 9.71 Å². The Morgan fingerprint density at radius 3 is 2.55 bits per heavy atom. The van der Waals surface area contributed by atoms with Crippen molar-refractivity contribution in [3.05, 3.63) is 95.2 Å². The Morgan fingerprint density at radius 2 is 1.77 bits per heavy atom. The maximum atomic E-state index is 12.9. The van der Waals surface area contributed by atoms with E-state index in [1.54, 1.807) is 37.3 Å². The Kier molecular flexibility index (Phi) is 5.52. The number of ether oxygens (including phenoxy) is 1. The van der Waals surface area contributed by atoms with Crippen LogP contribution in [0.5, 0.6) is 5.75 Å². The Labute approximate surface area is 180 Å². The predicted octanol–water partition coefficient (Wildman–Crippen LogP) is 4.19. The highest BCUT2D eigenvalue weighted by molar-refractivity contribution is 7.90. The third-order valence-corrected chi connectivity index (χ3v) is 6.68. The second-order valence-corrected chi connectivity index (χ2v) is 8.92. The molecule has 0 aliphatic heterocycles. The van der Waals surface area contributed by atoms with Crippen LogP contribution in [-0.4, -0.2) is 26.4 Å². The number of carbonyl (C=O) groups excluding carboxylic acids is 1. The summed E-state index contributed by atoms with van der Waals surface area (Å²) in [5, 5.41) is 1.10. The first kappa shape index (κ1) is 20.7. The van der Waals surface area contributed by atoms with Crippen molar-refractivity contribution in [2.24, 2.45) is 0 Å². The van der Waals surface area contributed by atoms with E-state index >= 15 is 0 Å². The van der Waals surface area contributed by atoms with Crippen LogP contribution in [0.1, 0.15) is 27.0 Å². The summed E-state index contributed by atoms with van der Waals surface area (Å²) >= 11 is 0. The lowest BCUT2D eigenvalue weighted by Crippen LogP contribution is -2.31. The fourth-order valence-electron chi connectivity index (χ4n) is 3.63. The molecule has 4 rings (SSSR count). The molecule has 6 nitrogen and oxygen atoms in total. The van der Waals surface area contributed by atoms with E-state index in [1.165, 1.54) is 13.2 Å². The monoisotopic (exact) mass is 434 g/mol. The molecule has 4 aromatic rings. The number of aromatic amines is 1. The van der Waals surface area contributed by atoms with Crippen LogP contribution in [0.4, 0.5) is 0 Å². The molecule has 0 unspecified atom stereocenters. The topological polar surface area (TPSA) is 88.3 Å². The minimum Gasteiger partial charge on any atom is -0.496 e. The molecule has 1 aromatic heterocycles. The van der Waals surface area contributed by atoms with Crippen LogP contribution in [-0.2, 0) is 16.4 Å². The first-order chi connectivity index (χ1) is 14.9. The number of nitrogens with one attached hydrogen (secondary N) is 2. The maximum absolute atomic E-state index is 12.9. The van der Waals surface area contributed by atoms with Crippen LogP contribution < -0.4 is 9.46 Å². The van der Waals surface area contributed by atoms with Crippen LogP contribution in [0.3, 0.4) is 0 Å². The number of methoxy groups -OCH3 is 1. The minimum absolute atomic E-state index is 0.0669. The second-order valence-electron chi connectivity index (χ2n) is 7.27. The van der Waals surface area contributed by atoms with Gasteiger partial charge >= 0.3 is 0 Å². The van der Waals surface area contributed by atoms with Crippen molar-refractivity contribution >= 4 is 26.8 Å². The number of H-pyrrole nitrogens is 1. The third kappa shape index (κ3) is 4.18. The van der Waals surface area contributed by atoms with Gasteiger partial charge in [-0.3, -0.25) is 4.79 Å². The summed E-state index contributed by atoms with van der Waals surface area (Å²) in [4.78, 5) is 16.2. The van der Waals surface area contributed by atoms with E-state index in [9.17, 15) is 13.2 Å². The summed E-state index contributed by atoms with van der Waals surface area (Å²) in [7, 11) is -2.57. The number of benzene rings is 3. The molecule has 0 radical (unpaired) electrons. The molecule has 1 amide bonds. The van der Waals surface area contributed by atoms with Crippen LogP contribution in [0.15, 0.2) is 77.8 Å². The van der Waals surface area contributed by atoms with Crippen molar-refractivity contribution in [1.29, 1.82) is 0 Å². The van der Waals surface area contributed by atoms with Crippen molar-refractivity contribution in [3.63, 3.8) is 0 Å². The van der Waals surface area contributed by atoms with E-state index in [2.05, 4.69) is 9.71 Å². The zero-order valence-electron chi connectivity index (χ0n) is 17.2. The van der Waals surface area contributed by atoms with E-state index in [4.69, 9.17) is 4.74 Å². The van der Waals surface area contributed by atoms with Gasteiger partial charge in [0.05, 0.1) is 17.6 Å². The minimum atomic E-state index is -4.02. The number of amides is 1. The quantitative estimate of drug-likeness (QED) is 0.476. The van der Waals surface area contributed by atoms with Crippen molar-refractivity contribution < 1.29 is 17.9 Å². The number of carbonyl (C=O) groups is 1. The number of aromatic nitrogens is 1.